The topological polar surface area (TPSA) is 43.1 Å². The predicted octanol–water partition coefficient (Wildman–Crippen LogP) is 2.69. The third kappa shape index (κ3) is 3.06. The molecule has 0 aliphatic rings. The number of rotatable bonds is 4. The van der Waals surface area contributed by atoms with Crippen molar-refractivity contribution in [3.8, 4) is 11.1 Å². The summed E-state index contributed by atoms with van der Waals surface area (Å²) in [6, 6.07) is 16.3. The molecule has 2 aromatic rings. The molecule has 2 aromatic carbocycles. The quantitative estimate of drug-likeness (QED) is 0.917. The summed E-state index contributed by atoms with van der Waals surface area (Å²) in [6.45, 7) is 0.539. The first kappa shape index (κ1) is 13.0. The molecule has 0 radical (unpaired) electrons. The van der Waals surface area contributed by atoms with Crippen molar-refractivity contribution < 1.29 is 4.21 Å². The van der Waals surface area contributed by atoms with Crippen LogP contribution in [0.5, 0.6) is 0 Å². The summed E-state index contributed by atoms with van der Waals surface area (Å²) in [6.07, 6.45) is 1.72. The molecule has 1 unspecified atom stereocenters. The number of hydrogen-bond donors (Lipinski definition) is 1. The molecule has 0 aliphatic heterocycles. The first-order chi connectivity index (χ1) is 8.70. The van der Waals surface area contributed by atoms with E-state index in [4.69, 9.17) is 5.73 Å². The molecule has 3 heteroatoms. The molecule has 0 heterocycles. The lowest BCUT2D eigenvalue weighted by Gasteiger charge is -2.08. The summed E-state index contributed by atoms with van der Waals surface area (Å²) in [5.41, 5.74) is 10.3. The van der Waals surface area contributed by atoms with Gasteiger partial charge in [0.25, 0.3) is 0 Å². The predicted molar refractivity (Wildman–Crippen MR) is 77.5 cm³/mol. The summed E-state index contributed by atoms with van der Waals surface area (Å²) < 4.78 is 11.2. The minimum Gasteiger partial charge on any atom is -0.326 e. The van der Waals surface area contributed by atoms with Crippen LogP contribution in [0.4, 0.5) is 0 Å². The Morgan fingerprint density at radius 1 is 1.06 bits per heavy atom. The molecule has 18 heavy (non-hydrogen) atoms. The second-order valence-corrected chi connectivity index (χ2v) is 5.71. The van der Waals surface area contributed by atoms with Crippen molar-refractivity contribution in [2.45, 2.75) is 12.3 Å². The van der Waals surface area contributed by atoms with E-state index < -0.39 is 10.8 Å². The number of nitrogens with two attached hydrogens (primary N) is 1. The van der Waals surface area contributed by atoms with E-state index in [1.54, 1.807) is 6.26 Å². The molecule has 94 valence electrons. The Kier molecular flexibility index (Phi) is 4.28. The van der Waals surface area contributed by atoms with E-state index in [0.717, 1.165) is 16.7 Å². The molecule has 0 amide bonds. The highest BCUT2D eigenvalue weighted by Crippen LogP contribution is 2.23. The Hall–Kier alpha value is -1.45. The Balaban J connectivity index is 2.31. The highest BCUT2D eigenvalue weighted by molar-refractivity contribution is 7.83. The van der Waals surface area contributed by atoms with E-state index in [1.807, 2.05) is 30.3 Å². The molecule has 0 aromatic heterocycles. The average molecular weight is 259 g/mol. The van der Waals surface area contributed by atoms with Crippen LogP contribution >= 0.6 is 0 Å². The molecule has 0 bridgehead atoms. The van der Waals surface area contributed by atoms with Crippen LogP contribution in [0.15, 0.2) is 48.5 Å². The van der Waals surface area contributed by atoms with Crippen LogP contribution in [-0.2, 0) is 23.1 Å². The Labute approximate surface area is 110 Å². The minimum atomic E-state index is -0.794. The summed E-state index contributed by atoms with van der Waals surface area (Å²) in [5, 5.41) is 0. The highest BCUT2D eigenvalue weighted by Gasteiger charge is 2.03. The van der Waals surface area contributed by atoms with E-state index in [1.165, 1.54) is 5.56 Å². The van der Waals surface area contributed by atoms with Gasteiger partial charge in [-0.25, -0.2) is 0 Å². The van der Waals surface area contributed by atoms with Gasteiger partial charge in [0.2, 0.25) is 0 Å². The Morgan fingerprint density at radius 2 is 1.72 bits per heavy atom. The summed E-state index contributed by atoms with van der Waals surface area (Å²) in [4.78, 5) is 0. The summed E-state index contributed by atoms with van der Waals surface area (Å²) >= 11 is 0. The first-order valence-corrected chi connectivity index (χ1v) is 7.60. The zero-order valence-corrected chi connectivity index (χ0v) is 11.2. The van der Waals surface area contributed by atoms with Gasteiger partial charge in [-0.15, -0.1) is 0 Å². The van der Waals surface area contributed by atoms with Gasteiger partial charge < -0.3 is 5.73 Å². The molecule has 2 nitrogen and oxygen atoms in total. The minimum absolute atomic E-state index is 0.539. The van der Waals surface area contributed by atoms with Gasteiger partial charge in [0.1, 0.15) is 0 Å². The van der Waals surface area contributed by atoms with Crippen molar-refractivity contribution in [2.24, 2.45) is 5.73 Å². The number of benzene rings is 2. The first-order valence-electron chi connectivity index (χ1n) is 5.88. The lowest BCUT2D eigenvalue weighted by molar-refractivity contribution is 0.686. The van der Waals surface area contributed by atoms with Crippen molar-refractivity contribution in [2.75, 3.05) is 6.26 Å². The number of hydrogen-bond acceptors (Lipinski definition) is 2. The van der Waals surface area contributed by atoms with Crippen LogP contribution < -0.4 is 5.73 Å². The van der Waals surface area contributed by atoms with E-state index >= 15 is 0 Å². The van der Waals surface area contributed by atoms with Crippen LogP contribution in [0.1, 0.15) is 11.1 Å². The molecule has 1 atom stereocenters. The average Bonchev–Trinajstić information content (AvgIpc) is 2.39. The van der Waals surface area contributed by atoms with Gasteiger partial charge in [-0.2, -0.15) is 0 Å². The fourth-order valence-electron chi connectivity index (χ4n) is 2.00. The third-order valence-corrected chi connectivity index (χ3v) is 3.61. The molecule has 0 saturated carbocycles. The van der Waals surface area contributed by atoms with Gasteiger partial charge in [-0.3, -0.25) is 4.21 Å². The van der Waals surface area contributed by atoms with Gasteiger partial charge in [0.05, 0.1) is 0 Å². The van der Waals surface area contributed by atoms with Gasteiger partial charge in [0, 0.05) is 29.4 Å². The molecular formula is C15H17NOS. The third-order valence-electron chi connectivity index (χ3n) is 2.87. The SMILES string of the molecule is CS(=O)Cc1ccc(-c2ccccc2CN)cc1. The maximum atomic E-state index is 11.2. The van der Waals surface area contributed by atoms with Crippen LogP contribution in [0, 0.1) is 0 Å². The monoisotopic (exact) mass is 259 g/mol. The van der Waals surface area contributed by atoms with E-state index in [2.05, 4.69) is 18.2 Å². The fraction of sp³-hybridized carbons (Fsp3) is 0.200. The largest absolute Gasteiger partial charge is 0.326 e. The lowest BCUT2D eigenvalue weighted by Crippen LogP contribution is -1.98. The van der Waals surface area contributed by atoms with Gasteiger partial charge in [0.15, 0.2) is 0 Å². The maximum absolute atomic E-state index is 11.2. The van der Waals surface area contributed by atoms with E-state index in [0.29, 0.717) is 12.3 Å². The van der Waals surface area contributed by atoms with E-state index in [-0.39, 0.29) is 0 Å². The molecular weight excluding hydrogens is 242 g/mol. The Morgan fingerprint density at radius 3 is 2.33 bits per heavy atom. The second kappa shape index (κ2) is 5.94. The van der Waals surface area contributed by atoms with E-state index in [9.17, 15) is 4.21 Å². The highest BCUT2D eigenvalue weighted by atomic mass is 32.2. The second-order valence-electron chi connectivity index (χ2n) is 4.28. The molecule has 0 fully saturated rings. The van der Waals surface area contributed by atoms with Crippen molar-refractivity contribution in [1.82, 2.24) is 0 Å². The Bertz CT molecular complexity index is 549. The van der Waals surface area contributed by atoms with Gasteiger partial charge in [-0.05, 0) is 22.3 Å². The normalized spacial score (nSPS) is 12.3. The zero-order valence-electron chi connectivity index (χ0n) is 10.4. The van der Waals surface area contributed by atoms with Crippen LogP contribution in [0.3, 0.4) is 0 Å². The fourth-order valence-corrected chi connectivity index (χ4v) is 2.66. The molecule has 2 rings (SSSR count). The maximum Gasteiger partial charge on any atom is 0.0482 e. The van der Waals surface area contributed by atoms with Crippen molar-refractivity contribution in [3.05, 3.63) is 59.7 Å². The molecule has 2 N–H and O–H groups in total. The van der Waals surface area contributed by atoms with Crippen LogP contribution in [0.2, 0.25) is 0 Å². The summed E-state index contributed by atoms with van der Waals surface area (Å²) in [7, 11) is -0.794. The zero-order chi connectivity index (χ0) is 13.0. The smallest absolute Gasteiger partial charge is 0.0482 e. The van der Waals surface area contributed by atoms with Gasteiger partial charge in [-0.1, -0.05) is 48.5 Å². The molecule has 0 spiro atoms. The van der Waals surface area contributed by atoms with Crippen molar-refractivity contribution >= 4 is 10.8 Å². The van der Waals surface area contributed by atoms with Crippen LogP contribution in [0.25, 0.3) is 11.1 Å². The molecule has 0 saturated heterocycles. The van der Waals surface area contributed by atoms with Crippen molar-refractivity contribution in [3.63, 3.8) is 0 Å². The molecule has 0 aliphatic carbocycles. The van der Waals surface area contributed by atoms with Crippen LogP contribution in [-0.4, -0.2) is 10.5 Å². The van der Waals surface area contributed by atoms with Crippen molar-refractivity contribution in [1.29, 1.82) is 0 Å². The lowest BCUT2D eigenvalue weighted by atomic mass is 9.99. The summed E-state index contributed by atoms with van der Waals surface area (Å²) in [5.74, 6) is 0.610. The standard InChI is InChI=1S/C15H17NOS/c1-18(17)11-12-6-8-13(9-7-12)15-5-3-2-4-14(15)10-16/h2-9H,10-11,16H2,1H3. The van der Waals surface area contributed by atoms with Gasteiger partial charge >= 0.3 is 0 Å².